The summed E-state index contributed by atoms with van der Waals surface area (Å²) < 4.78 is 24.4. The van der Waals surface area contributed by atoms with E-state index in [0.717, 1.165) is 3.57 Å². The van der Waals surface area contributed by atoms with Crippen molar-refractivity contribution in [1.29, 1.82) is 0 Å². The lowest BCUT2D eigenvalue weighted by Gasteiger charge is -2.08. The van der Waals surface area contributed by atoms with Crippen LogP contribution in [0, 0.1) is 9.39 Å². The van der Waals surface area contributed by atoms with E-state index in [1.165, 1.54) is 26.5 Å². The van der Waals surface area contributed by atoms with Gasteiger partial charge in [-0.05, 0) is 34.7 Å². The molecule has 0 aliphatic rings. The molecule has 0 bridgehead atoms. The topological polar surface area (TPSA) is 44.2 Å². The van der Waals surface area contributed by atoms with Gasteiger partial charge in [-0.1, -0.05) is 0 Å². The molecule has 1 aromatic heterocycles. The van der Waals surface area contributed by atoms with Crippen molar-refractivity contribution < 1.29 is 13.9 Å². The van der Waals surface area contributed by atoms with E-state index in [1.807, 2.05) is 0 Å². The lowest BCUT2D eigenvalue weighted by atomic mass is 10.1. The van der Waals surface area contributed by atoms with Crippen LogP contribution in [0.5, 0.6) is 11.6 Å². The fraction of sp³-hybridized carbons (Fsp3) is 0.167. The minimum Gasteiger partial charge on any atom is -0.494 e. The lowest BCUT2D eigenvalue weighted by Crippen LogP contribution is -1.96. The zero-order chi connectivity index (χ0) is 13.1. The number of ether oxygens (including phenoxy) is 2. The molecule has 2 aromatic rings. The minimum atomic E-state index is -0.433. The van der Waals surface area contributed by atoms with E-state index < -0.39 is 5.82 Å². The highest BCUT2D eigenvalue weighted by Gasteiger charge is 2.12. The van der Waals surface area contributed by atoms with Crippen molar-refractivity contribution in [2.75, 3.05) is 14.2 Å². The molecule has 0 atom stereocenters. The first-order valence-electron chi connectivity index (χ1n) is 5.05. The van der Waals surface area contributed by atoms with Crippen molar-refractivity contribution >= 4 is 22.6 Å². The fourth-order valence-corrected chi connectivity index (χ4v) is 2.17. The summed E-state index contributed by atoms with van der Waals surface area (Å²) in [4.78, 5) is 8.22. The molecule has 0 spiro atoms. The predicted molar refractivity (Wildman–Crippen MR) is 73.2 cm³/mol. The minimum absolute atomic E-state index is 0.207. The number of halogens is 2. The van der Waals surface area contributed by atoms with Crippen molar-refractivity contribution in [1.82, 2.24) is 9.97 Å². The van der Waals surface area contributed by atoms with Gasteiger partial charge in [0.2, 0.25) is 5.88 Å². The SMILES string of the molecule is COc1cncc(-c2cc(F)c(OC)cc2I)n1. The molecule has 1 aromatic carbocycles. The Kier molecular flexibility index (Phi) is 3.95. The summed E-state index contributed by atoms with van der Waals surface area (Å²) >= 11 is 2.10. The van der Waals surface area contributed by atoms with E-state index in [4.69, 9.17) is 9.47 Å². The van der Waals surface area contributed by atoms with Gasteiger partial charge < -0.3 is 9.47 Å². The van der Waals surface area contributed by atoms with E-state index in [9.17, 15) is 4.39 Å². The Bertz CT molecular complexity index is 578. The highest BCUT2D eigenvalue weighted by atomic mass is 127. The van der Waals surface area contributed by atoms with Crippen molar-refractivity contribution in [3.63, 3.8) is 0 Å². The molecule has 0 saturated carbocycles. The van der Waals surface area contributed by atoms with Gasteiger partial charge in [-0.25, -0.2) is 9.37 Å². The zero-order valence-corrected chi connectivity index (χ0v) is 11.9. The quantitative estimate of drug-likeness (QED) is 0.790. The molecule has 1 heterocycles. The van der Waals surface area contributed by atoms with E-state index >= 15 is 0 Å². The third-order valence-electron chi connectivity index (χ3n) is 2.34. The Hall–Kier alpha value is -1.44. The van der Waals surface area contributed by atoms with Gasteiger partial charge in [-0.3, -0.25) is 4.98 Å². The number of methoxy groups -OCH3 is 2. The van der Waals surface area contributed by atoms with Crippen LogP contribution in [0.4, 0.5) is 4.39 Å². The number of hydrogen-bond acceptors (Lipinski definition) is 4. The Morgan fingerprint density at radius 3 is 2.61 bits per heavy atom. The van der Waals surface area contributed by atoms with E-state index in [0.29, 0.717) is 17.1 Å². The summed E-state index contributed by atoms with van der Waals surface area (Å²) in [6.07, 6.45) is 3.06. The lowest BCUT2D eigenvalue weighted by molar-refractivity contribution is 0.386. The van der Waals surface area contributed by atoms with Gasteiger partial charge >= 0.3 is 0 Å². The van der Waals surface area contributed by atoms with Crippen LogP contribution in [-0.4, -0.2) is 24.2 Å². The Morgan fingerprint density at radius 2 is 1.94 bits per heavy atom. The van der Waals surface area contributed by atoms with Gasteiger partial charge in [0.05, 0.1) is 32.3 Å². The monoisotopic (exact) mass is 360 g/mol. The number of rotatable bonds is 3. The molecule has 4 nitrogen and oxygen atoms in total. The van der Waals surface area contributed by atoms with Crippen LogP contribution >= 0.6 is 22.6 Å². The van der Waals surface area contributed by atoms with E-state index in [2.05, 4.69) is 32.6 Å². The summed E-state index contributed by atoms with van der Waals surface area (Å²) in [5, 5.41) is 0. The molecule has 0 unspecified atom stereocenters. The second kappa shape index (κ2) is 5.47. The van der Waals surface area contributed by atoms with Gasteiger partial charge in [0, 0.05) is 9.13 Å². The molecule has 0 aliphatic heterocycles. The van der Waals surface area contributed by atoms with Crippen LogP contribution in [0.3, 0.4) is 0 Å². The zero-order valence-electron chi connectivity index (χ0n) is 9.78. The Morgan fingerprint density at radius 1 is 1.17 bits per heavy atom. The molecule has 94 valence electrons. The second-order valence-corrected chi connectivity index (χ2v) is 4.58. The predicted octanol–water partition coefficient (Wildman–Crippen LogP) is 2.90. The molecule has 0 amide bonds. The molecule has 0 radical (unpaired) electrons. The Labute approximate surface area is 117 Å². The van der Waals surface area contributed by atoms with Crippen LogP contribution in [0.15, 0.2) is 24.5 Å². The summed E-state index contributed by atoms with van der Waals surface area (Å²) in [5.74, 6) is 0.163. The average molecular weight is 360 g/mol. The summed E-state index contributed by atoms with van der Waals surface area (Å²) in [7, 11) is 2.94. The summed E-state index contributed by atoms with van der Waals surface area (Å²) in [5.41, 5.74) is 1.21. The maximum Gasteiger partial charge on any atom is 0.232 e. The smallest absolute Gasteiger partial charge is 0.232 e. The highest BCUT2D eigenvalue weighted by Crippen LogP contribution is 2.30. The first kappa shape index (κ1) is 13.0. The summed E-state index contributed by atoms with van der Waals surface area (Å²) in [6.45, 7) is 0. The molecule has 2 rings (SSSR count). The second-order valence-electron chi connectivity index (χ2n) is 3.41. The summed E-state index contributed by atoms with van der Waals surface area (Å²) in [6, 6.07) is 3.00. The third-order valence-corrected chi connectivity index (χ3v) is 3.23. The van der Waals surface area contributed by atoms with Crippen LogP contribution in [0.1, 0.15) is 0 Å². The van der Waals surface area contributed by atoms with E-state index in [-0.39, 0.29) is 5.75 Å². The van der Waals surface area contributed by atoms with Crippen LogP contribution in [-0.2, 0) is 0 Å². The fourth-order valence-electron chi connectivity index (χ4n) is 1.46. The maximum atomic E-state index is 13.7. The largest absolute Gasteiger partial charge is 0.494 e. The normalized spacial score (nSPS) is 10.2. The van der Waals surface area contributed by atoms with Crippen molar-refractivity contribution in [3.05, 3.63) is 33.9 Å². The molecule has 18 heavy (non-hydrogen) atoms. The highest BCUT2D eigenvalue weighted by molar-refractivity contribution is 14.1. The Balaban J connectivity index is 2.53. The van der Waals surface area contributed by atoms with Crippen molar-refractivity contribution in [2.45, 2.75) is 0 Å². The number of nitrogens with zero attached hydrogens (tertiary/aromatic N) is 2. The number of aromatic nitrogens is 2. The molecular formula is C12H10FIN2O2. The van der Waals surface area contributed by atoms with Crippen molar-refractivity contribution in [3.8, 4) is 22.9 Å². The van der Waals surface area contributed by atoms with Gasteiger partial charge in [0.1, 0.15) is 0 Å². The van der Waals surface area contributed by atoms with Gasteiger partial charge in [-0.15, -0.1) is 0 Å². The number of hydrogen-bond donors (Lipinski definition) is 0. The molecular weight excluding hydrogens is 350 g/mol. The standard InChI is InChI=1S/C12H10FIN2O2/c1-17-11-4-9(14)7(3-8(11)13)10-5-15-6-12(16-10)18-2/h3-6H,1-2H3. The third kappa shape index (κ3) is 2.53. The number of benzene rings is 1. The van der Waals surface area contributed by atoms with Gasteiger partial charge in [0.25, 0.3) is 0 Å². The average Bonchev–Trinajstić information content (AvgIpc) is 2.41. The van der Waals surface area contributed by atoms with Crippen LogP contribution in [0.2, 0.25) is 0 Å². The molecule has 6 heteroatoms. The van der Waals surface area contributed by atoms with Crippen molar-refractivity contribution in [2.24, 2.45) is 0 Å². The molecule has 0 aliphatic carbocycles. The maximum absolute atomic E-state index is 13.7. The molecule has 0 fully saturated rings. The van der Waals surface area contributed by atoms with Crippen LogP contribution < -0.4 is 9.47 Å². The first-order valence-corrected chi connectivity index (χ1v) is 6.13. The molecule has 0 saturated heterocycles. The van der Waals surface area contributed by atoms with E-state index in [1.54, 1.807) is 12.3 Å². The first-order chi connectivity index (χ1) is 8.65. The van der Waals surface area contributed by atoms with Gasteiger partial charge in [-0.2, -0.15) is 0 Å². The molecule has 0 N–H and O–H groups in total. The van der Waals surface area contributed by atoms with Crippen LogP contribution in [0.25, 0.3) is 11.3 Å². The van der Waals surface area contributed by atoms with Gasteiger partial charge in [0.15, 0.2) is 11.6 Å².